The van der Waals surface area contributed by atoms with Crippen LogP contribution in [0, 0.1) is 0 Å². The number of nitrogens with two attached hydrogens (primary N) is 1. The quantitative estimate of drug-likeness (QED) is 0.365. The molecule has 0 radical (unpaired) electrons. The molecule has 0 atom stereocenters. The largest absolute Gasteiger partial charge is 0.379 e. The smallest absolute Gasteiger partial charge is 0.219 e. The Labute approximate surface area is 127 Å². The topological polar surface area (TPSA) is 92.0 Å². The Bertz CT molecular complexity index is 229. The predicted octanol–water partition coefficient (Wildman–Crippen LogP) is -0.0722. The van der Waals surface area contributed by atoms with Crippen LogP contribution in [0.25, 0.3) is 0 Å². The van der Waals surface area contributed by atoms with Gasteiger partial charge in [-0.2, -0.15) is 0 Å². The van der Waals surface area contributed by atoms with Crippen LogP contribution < -0.4 is 11.1 Å². The summed E-state index contributed by atoms with van der Waals surface area (Å²) < 4.78 is 21.2. The Hall–Kier alpha value is -0.730. The highest BCUT2D eigenvalue weighted by atomic mass is 16.6. The van der Waals surface area contributed by atoms with E-state index in [0.717, 1.165) is 19.5 Å². The maximum absolute atomic E-state index is 10.4. The molecule has 0 rings (SSSR count). The molecule has 0 aliphatic heterocycles. The number of rotatable bonds is 17. The van der Waals surface area contributed by atoms with E-state index in [9.17, 15) is 4.79 Å². The molecule has 0 aliphatic rings. The second-order valence-electron chi connectivity index (χ2n) is 4.42. The van der Waals surface area contributed by atoms with E-state index >= 15 is 0 Å². The van der Waals surface area contributed by atoms with Crippen molar-refractivity contribution in [1.29, 1.82) is 0 Å². The van der Waals surface area contributed by atoms with E-state index in [2.05, 4.69) is 12.2 Å². The summed E-state index contributed by atoms with van der Waals surface area (Å²) in [6.45, 7) is 8.30. The fourth-order valence-electron chi connectivity index (χ4n) is 1.38. The number of nitrogens with one attached hydrogen (secondary N) is 1. The number of carbonyl (C=O) groups excluding carboxylic acids is 1. The van der Waals surface area contributed by atoms with Crippen molar-refractivity contribution in [1.82, 2.24) is 5.32 Å². The van der Waals surface area contributed by atoms with Gasteiger partial charge in [0, 0.05) is 13.0 Å². The molecular formula is C14H30N2O5. The van der Waals surface area contributed by atoms with Crippen molar-refractivity contribution in [2.75, 3.05) is 65.9 Å². The molecule has 7 nitrogen and oxygen atoms in total. The highest BCUT2D eigenvalue weighted by Gasteiger charge is 1.95. The van der Waals surface area contributed by atoms with E-state index in [1.165, 1.54) is 0 Å². The number of carbonyl (C=O) groups is 1. The summed E-state index contributed by atoms with van der Waals surface area (Å²) in [6, 6.07) is 0. The van der Waals surface area contributed by atoms with Gasteiger partial charge in [0.05, 0.1) is 52.9 Å². The van der Waals surface area contributed by atoms with Gasteiger partial charge < -0.3 is 30.0 Å². The number of ether oxygens (including phenoxy) is 4. The lowest BCUT2D eigenvalue weighted by Crippen LogP contribution is -2.21. The number of primary amides is 1. The summed E-state index contributed by atoms with van der Waals surface area (Å²) in [6.07, 6.45) is 1.39. The van der Waals surface area contributed by atoms with E-state index < -0.39 is 0 Å². The molecule has 0 aliphatic carbocycles. The zero-order chi connectivity index (χ0) is 15.6. The summed E-state index contributed by atoms with van der Waals surface area (Å²) >= 11 is 0. The fourth-order valence-corrected chi connectivity index (χ4v) is 1.38. The Kier molecular flexibility index (Phi) is 16.7. The van der Waals surface area contributed by atoms with Gasteiger partial charge in [-0.1, -0.05) is 6.92 Å². The first-order chi connectivity index (χ1) is 10.3. The number of hydrogen-bond acceptors (Lipinski definition) is 6. The highest BCUT2D eigenvalue weighted by Crippen LogP contribution is 1.84. The van der Waals surface area contributed by atoms with Crippen molar-refractivity contribution in [2.45, 2.75) is 19.8 Å². The van der Waals surface area contributed by atoms with Crippen molar-refractivity contribution in [3.8, 4) is 0 Å². The summed E-state index contributed by atoms with van der Waals surface area (Å²) in [7, 11) is 0. The maximum Gasteiger partial charge on any atom is 0.219 e. The zero-order valence-corrected chi connectivity index (χ0v) is 13.1. The number of hydrogen-bond donors (Lipinski definition) is 2. The Morgan fingerprint density at radius 1 is 0.810 bits per heavy atom. The zero-order valence-electron chi connectivity index (χ0n) is 13.1. The molecular weight excluding hydrogens is 276 g/mol. The van der Waals surface area contributed by atoms with Gasteiger partial charge in [-0.3, -0.25) is 4.79 Å². The van der Waals surface area contributed by atoms with E-state index in [4.69, 9.17) is 24.7 Å². The first-order valence-corrected chi connectivity index (χ1v) is 7.57. The standard InChI is InChI=1S/C14H30N2O5/c1-2-4-16-5-7-19-9-11-21-13-12-20-10-8-18-6-3-14(15)17/h16H,2-13H2,1H3,(H2,15,17). The van der Waals surface area contributed by atoms with Crippen molar-refractivity contribution in [2.24, 2.45) is 5.73 Å². The molecule has 1 amide bonds. The van der Waals surface area contributed by atoms with E-state index in [-0.39, 0.29) is 12.3 Å². The van der Waals surface area contributed by atoms with E-state index in [0.29, 0.717) is 52.9 Å². The van der Waals surface area contributed by atoms with Gasteiger partial charge in [-0.05, 0) is 13.0 Å². The van der Waals surface area contributed by atoms with Crippen LogP contribution in [0.1, 0.15) is 19.8 Å². The first kappa shape index (κ1) is 20.3. The van der Waals surface area contributed by atoms with Crippen LogP contribution in [0.2, 0.25) is 0 Å². The molecule has 0 aromatic carbocycles. The van der Waals surface area contributed by atoms with Gasteiger partial charge >= 0.3 is 0 Å². The summed E-state index contributed by atoms with van der Waals surface area (Å²) in [5, 5.41) is 3.26. The summed E-state index contributed by atoms with van der Waals surface area (Å²) in [4.78, 5) is 10.4. The van der Waals surface area contributed by atoms with Crippen LogP contribution in [-0.4, -0.2) is 71.9 Å². The minimum atomic E-state index is -0.354. The Balaban J connectivity index is 2.95. The first-order valence-electron chi connectivity index (χ1n) is 7.57. The fraction of sp³-hybridized carbons (Fsp3) is 0.929. The van der Waals surface area contributed by atoms with Crippen molar-refractivity contribution < 1.29 is 23.7 Å². The molecule has 0 aromatic rings. The molecule has 0 fully saturated rings. The molecule has 0 aromatic heterocycles. The van der Waals surface area contributed by atoms with Crippen LogP contribution in [0.4, 0.5) is 0 Å². The Morgan fingerprint density at radius 3 is 1.76 bits per heavy atom. The van der Waals surface area contributed by atoms with Gasteiger partial charge in [0.25, 0.3) is 0 Å². The number of amides is 1. The van der Waals surface area contributed by atoms with Gasteiger partial charge in [-0.25, -0.2) is 0 Å². The molecule has 0 saturated heterocycles. The van der Waals surface area contributed by atoms with Crippen LogP contribution >= 0.6 is 0 Å². The lowest BCUT2D eigenvalue weighted by atomic mass is 10.4. The third kappa shape index (κ3) is 19.3. The average molecular weight is 306 g/mol. The second-order valence-corrected chi connectivity index (χ2v) is 4.42. The minimum Gasteiger partial charge on any atom is -0.379 e. The van der Waals surface area contributed by atoms with Crippen molar-refractivity contribution in [3.63, 3.8) is 0 Å². The minimum absolute atomic E-state index is 0.247. The van der Waals surface area contributed by atoms with Gasteiger partial charge in [0.1, 0.15) is 0 Å². The molecule has 0 unspecified atom stereocenters. The van der Waals surface area contributed by atoms with Crippen LogP contribution in [-0.2, 0) is 23.7 Å². The molecule has 0 heterocycles. The highest BCUT2D eigenvalue weighted by molar-refractivity contribution is 5.73. The monoisotopic (exact) mass is 306 g/mol. The van der Waals surface area contributed by atoms with Gasteiger partial charge in [0.2, 0.25) is 5.91 Å². The van der Waals surface area contributed by atoms with E-state index in [1.807, 2.05) is 0 Å². The molecule has 0 saturated carbocycles. The van der Waals surface area contributed by atoms with Gasteiger partial charge in [-0.15, -0.1) is 0 Å². The lowest BCUT2D eigenvalue weighted by molar-refractivity contribution is -0.119. The third-order valence-corrected chi connectivity index (χ3v) is 2.46. The van der Waals surface area contributed by atoms with Crippen LogP contribution in [0.3, 0.4) is 0 Å². The maximum atomic E-state index is 10.4. The molecule has 7 heteroatoms. The lowest BCUT2D eigenvalue weighted by Gasteiger charge is -2.07. The summed E-state index contributed by atoms with van der Waals surface area (Å²) in [5.74, 6) is -0.354. The van der Waals surface area contributed by atoms with Crippen molar-refractivity contribution >= 4 is 5.91 Å². The predicted molar refractivity (Wildman–Crippen MR) is 80.2 cm³/mol. The van der Waals surface area contributed by atoms with Crippen LogP contribution in [0.5, 0.6) is 0 Å². The molecule has 3 N–H and O–H groups in total. The summed E-state index contributed by atoms with van der Waals surface area (Å²) in [5.41, 5.74) is 4.97. The third-order valence-electron chi connectivity index (χ3n) is 2.46. The molecule has 0 spiro atoms. The molecule has 0 bridgehead atoms. The normalized spacial score (nSPS) is 10.9. The SMILES string of the molecule is CCCNCCOCCOCCOCCOCCC(N)=O. The average Bonchev–Trinajstić information content (AvgIpc) is 2.46. The second kappa shape index (κ2) is 17.3. The van der Waals surface area contributed by atoms with Gasteiger partial charge in [0.15, 0.2) is 0 Å². The van der Waals surface area contributed by atoms with Crippen LogP contribution in [0.15, 0.2) is 0 Å². The van der Waals surface area contributed by atoms with E-state index in [1.54, 1.807) is 0 Å². The molecule has 21 heavy (non-hydrogen) atoms. The van der Waals surface area contributed by atoms with Crippen molar-refractivity contribution in [3.05, 3.63) is 0 Å². The Morgan fingerprint density at radius 2 is 1.29 bits per heavy atom. The molecule has 126 valence electrons.